The minimum absolute atomic E-state index is 0.0141. The molecule has 1 amide bonds. The van der Waals surface area contributed by atoms with E-state index in [1.807, 2.05) is 24.3 Å². The predicted octanol–water partition coefficient (Wildman–Crippen LogP) is 2.65. The van der Waals surface area contributed by atoms with E-state index in [4.69, 9.17) is 9.47 Å². The molecule has 1 N–H and O–H groups in total. The van der Waals surface area contributed by atoms with Gasteiger partial charge in [-0.25, -0.2) is 0 Å². The lowest BCUT2D eigenvalue weighted by Gasteiger charge is -2.10. The SMILES string of the molecule is O=C(CCOC[C@@H]1CCCO1)NCc1ccc(Br)cc1. The first-order valence-electron chi connectivity index (χ1n) is 6.94. The van der Waals surface area contributed by atoms with Crippen LogP contribution >= 0.6 is 15.9 Å². The van der Waals surface area contributed by atoms with E-state index in [0.29, 0.717) is 26.2 Å². The maximum Gasteiger partial charge on any atom is 0.222 e. The van der Waals surface area contributed by atoms with Gasteiger partial charge in [-0.2, -0.15) is 0 Å². The Balaban J connectivity index is 1.54. The monoisotopic (exact) mass is 341 g/mol. The van der Waals surface area contributed by atoms with Gasteiger partial charge in [0, 0.05) is 24.0 Å². The maximum absolute atomic E-state index is 11.6. The van der Waals surface area contributed by atoms with Crippen molar-refractivity contribution >= 4 is 21.8 Å². The van der Waals surface area contributed by atoms with Gasteiger partial charge < -0.3 is 14.8 Å². The molecule has 1 saturated heterocycles. The molecular formula is C15H20BrNO3. The first kappa shape index (κ1) is 15.5. The number of nitrogens with one attached hydrogen (secondary N) is 1. The van der Waals surface area contributed by atoms with Crippen LogP contribution in [0.25, 0.3) is 0 Å². The standard InChI is InChI=1S/C15H20BrNO3/c16-13-5-3-12(4-6-13)10-17-15(18)7-9-19-11-14-2-1-8-20-14/h3-6,14H,1-2,7-11H2,(H,17,18)/t14-/m0/s1. The average Bonchev–Trinajstić information content (AvgIpc) is 2.96. The molecule has 1 aliphatic rings. The van der Waals surface area contributed by atoms with Crippen LogP contribution in [-0.4, -0.2) is 31.8 Å². The Kier molecular flexibility index (Phi) is 6.50. The molecule has 1 aromatic carbocycles. The van der Waals surface area contributed by atoms with Crippen LogP contribution in [-0.2, 0) is 20.8 Å². The van der Waals surface area contributed by atoms with Crippen molar-refractivity contribution in [2.45, 2.75) is 31.9 Å². The highest BCUT2D eigenvalue weighted by Gasteiger charge is 2.15. The molecule has 1 aromatic rings. The minimum atomic E-state index is 0.0141. The molecule has 0 spiro atoms. The number of rotatable bonds is 7. The van der Waals surface area contributed by atoms with E-state index in [9.17, 15) is 4.79 Å². The predicted molar refractivity (Wildman–Crippen MR) is 80.4 cm³/mol. The molecule has 0 aromatic heterocycles. The largest absolute Gasteiger partial charge is 0.378 e. The van der Waals surface area contributed by atoms with Crippen LogP contribution in [0, 0.1) is 0 Å². The van der Waals surface area contributed by atoms with Crippen LogP contribution < -0.4 is 5.32 Å². The Labute approximate surface area is 128 Å². The summed E-state index contributed by atoms with van der Waals surface area (Å²) in [5, 5.41) is 2.88. The van der Waals surface area contributed by atoms with Crippen LogP contribution in [0.2, 0.25) is 0 Å². The molecule has 0 aliphatic carbocycles. The van der Waals surface area contributed by atoms with Gasteiger partial charge in [-0.1, -0.05) is 28.1 Å². The quantitative estimate of drug-likeness (QED) is 0.775. The minimum Gasteiger partial charge on any atom is -0.378 e. The first-order valence-corrected chi connectivity index (χ1v) is 7.74. The fraction of sp³-hybridized carbons (Fsp3) is 0.533. The second-order valence-electron chi connectivity index (χ2n) is 4.86. The molecule has 1 atom stereocenters. The number of halogens is 1. The lowest BCUT2D eigenvalue weighted by molar-refractivity contribution is -0.122. The van der Waals surface area contributed by atoms with E-state index in [-0.39, 0.29) is 12.0 Å². The number of hydrogen-bond donors (Lipinski definition) is 1. The van der Waals surface area contributed by atoms with Gasteiger partial charge in [0.05, 0.1) is 19.3 Å². The number of amides is 1. The van der Waals surface area contributed by atoms with Crippen LogP contribution in [0.1, 0.15) is 24.8 Å². The average molecular weight is 342 g/mol. The Morgan fingerprint density at radius 1 is 1.40 bits per heavy atom. The summed E-state index contributed by atoms with van der Waals surface area (Å²) in [6.45, 7) is 2.44. The van der Waals surface area contributed by atoms with Crippen molar-refractivity contribution in [2.75, 3.05) is 19.8 Å². The highest BCUT2D eigenvalue weighted by molar-refractivity contribution is 9.10. The van der Waals surface area contributed by atoms with E-state index in [0.717, 1.165) is 29.5 Å². The molecule has 4 nitrogen and oxygen atoms in total. The van der Waals surface area contributed by atoms with E-state index in [1.165, 1.54) is 0 Å². The van der Waals surface area contributed by atoms with Crippen LogP contribution in [0.5, 0.6) is 0 Å². The van der Waals surface area contributed by atoms with Crippen molar-refractivity contribution in [2.24, 2.45) is 0 Å². The zero-order valence-corrected chi connectivity index (χ0v) is 13.0. The molecule has 0 radical (unpaired) electrons. The maximum atomic E-state index is 11.6. The van der Waals surface area contributed by atoms with Crippen molar-refractivity contribution in [1.29, 1.82) is 0 Å². The van der Waals surface area contributed by atoms with Crippen molar-refractivity contribution in [3.63, 3.8) is 0 Å². The van der Waals surface area contributed by atoms with Gasteiger partial charge in [-0.05, 0) is 30.5 Å². The molecule has 0 unspecified atom stereocenters. The van der Waals surface area contributed by atoms with E-state index in [1.54, 1.807) is 0 Å². The smallest absolute Gasteiger partial charge is 0.222 e. The topological polar surface area (TPSA) is 47.6 Å². The zero-order chi connectivity index (χ0) is 14.2. The lowest BCUT2D eigenvalue weighted by Crippen LogP contribution is -2.24. The summed E-state index contributed by atoms with van der Waals surface area (Å²) >= 11 is 3.38. The number of hydrogen-bond acceptors (Lipinski definition) is 3. The third-order valence-corrected chi connectivity index (χ3v) is 3.73. The van der Waals surface area contributed by atoms with Crippen LogP contribution in [0.3, 0.4) is 0 Å². The van der Waals surface area contributed by atoms with Crippen LogP contribution in [0.15, 0.2) is 28.7 Å². The number of ether oxygens (including phenoxy) is 2. The van der Waals surface area contributed by atoms with Gasteiger partial charge in [0.25, 0.3) is 0 Å². The first-order chi connectivity index (χ1) is 9.74. The zero-order valence-electron chi connectivity index (χ0n) is 11.4. The number of carbonyl (C=O) groups is 1. The molecule has 20 heavy (non-hydrogen) atoms. The van der Waals surface area contributed by atoms with Crippen molar-refractivity contribution in [3.8, 4) is 0 Å². The molecule has 1 fully saturated rings. The Bertz CT molecular complexity index is 416. The summed E-state index contributed by atoms with van der Waals surface area (Å²) in [4.78, 5) is 11.6. The molecule has 1 aliphatic heterocycles. The van der Waals surface area contributed by atoms with Crippen molar-refractivity contribution < 1.29 is 14.3 Å². The lowest BCUT2D eigenvalue weighted by atomic mass is 10.2. The van der Waals surface area contributed by atoms with Gasteiger partial charge in [0.15, 0.2) is 0 Å². The molecule has 5 heteroatoms. The fourth-order valence-corrected chi connectivity index (χ4v) is 2.31. The van der Waals surface area contributed by atoms with Gasteiger partial charge in [0.2, 0.25) is 5.91 Å². The van der Waals surface area contributed by atoms with Crippen LogP contribution in [0.4, 0.5) is 0 Å². The summed E-state index contributed by atoms with van der Waals surface area (Å²) in [7, 11) is 0. The molecule has 0 saturated carbocycles. The van der Waals surface area contributed by atoms with Crippen molar-refractivity contribution in [1.82, 2.24) is 5.32 Å². The summed E-state index contributed by atoms with van der Waals surface area (Å²) in [6.07, 6.45) is 2.79. The fourth-order valence-electron chi connectivity index (χ4n) is 2.05. The summed E-state index contributed by atoms with van der Waals surface area (Å²) in [5.74, 6) is 0.0141. The van der Waals surface area contributed by atoms with Crippen molar-refractivity contribution in [3.05, 3.63) is 34.3 Å². The summed E-state index contributed by atoms with van der Waals surface area (Å²) < 4.78 is 11.9. The Morgan fingerprint density at radius 3 is 2.90 bits per heavy atom. The number of benzene rings is 1. The molecule has 1 heterocycles. The number of carbonyl (C=O) groups excluding carboxylic acids is 1. The third kappa shape index (κ3) is 5.61. The van der Waals surface area contributed by atoms with Gasteiger partial charge in [-0.3, -0.25) is 4.79 Å². The van der Waals surface area contributed by atoms with E-state index in [2.05, 4.69) is 21.2 Å². The Hall–Kier alpha value is -0.910. The van der Waals surface area contributed by atoms with Gasteiger partial charge >= 0.3 is 0 Å². The van der Waals surface area contributed by atoms with Gasteiger partial charge in [0.1, 0.15) is 0 Å². The second kappa shape index (κ2) is 8.39. The summed E-state index contributed by atoms with van der Waals surface area (Å²) in [5.41, 5.74) is 1.09. The normalized spacial score (nSPS) is 18.1. The highest BCUT2D eigenvalue weighted by atomic mass is 79.9. The van der Waals surface area contributed by atoms with E-state index >= 15 is 0 Å². The molecule has 2 rings (SSSR count). The van der Waals surface area contributed by atoms with Gasteiger partial charge in [-0.15, -0.1) is 0 Å². The van der Waals surface area contributed by atoms with E-state index < -0.39 is 0 Å². The highest BCUT2D eigenvalue weighted by Crippen LogP contribution is 2.12. The summed E-state index contributed by atoms with van der Waals surface area (Å²) in [6, 6.07) is 7.90. The Morgan fingerprint density at radius 2 is 2.20 bits per heavy atom. The third-order valence-electron chi connectivity index (χ3n) is 3.20. The molecule has 110 valence electrons. The molecule has 0 bridgehead atoms. The second-order valence-corrected chi connectivity index (χ2v) is 5.78. The molecular weight excluding hydrogens is 322 g/mol.